The van der Waals surface area contributed by atoms with Crippen LogP contribution in [0.5, 0.6) is 0 Å². The molecule has 13 heavy (non-hydrogen) atoms. The van der Waals surface area contributed by atoms with Crippen LogP contribution in [-0.2, 0) is 9.47 Å². The summed E-state index contributed by atoms with van der Waals surface area (Å²) in [5.74, 6) is 0. The topological polar surface area (TPSA) is 62.2 Å². The van der Waals surface area contributed by atoms with Crippen LogP contribution >= 0.6 is 0 Å². The third-order valence-corrected chi connectivity index (χ3v) is 2.01. The van der Waals surface area contributed by atoms with E-state index >= 15 is 0 Å². The first-order valence-electron chi connectivity index (χ1n) is 4.53. The molecule has 5 heteroatoms. The smallest absolute Gasteiger partial charge is 0.134 e. The molecule has 0 bridgehead atoms. The maximum Gasteiger partial charge on any atom is 0.134 e. The summed E-state index contributed by atoms with van der Waals surface area (Å²) < 4.78 is 10.4. The van der Waals surface area contributed by atoms with Gasteiger partial charge in [0.15, 0.2) is 0 Å². The number of hydrogen-bond donors (Lipinski definition) is 2. The molecule has 5 nitrogen and oxygen atoms in total. The average Bonchev–Trinajstić information content (AvgIpc) is 2.21. The van der Waals surface area contributed by atoms with Gasteiger partial charge in [-0.15, -0.1) is 0 Å². The minimum atomic E-state index is -0.295. The lowest BCUT2D eigenvalue weighted by Crippen LogP contribution is -2.46. The van der Waals surface area contributed by atoms with Crippen LogP contribution in [0.1, 0.15) is 0 Å². The minimum Gasteiger partial charge on any atom is -0.394 e. The van der Waals surface area contributed by atoms with E-state index in [1.165, 1.54) is 0 Å². The molecule has 0 aromatic carbocycles. The van der Waals surface area contributed by atoms with Crippen LogP contribution in [0.4, 0.5) is 0 Å². The Morgan fingerprint density at radius 1 is 1.31 bits per heavy atom. The molecule has 1 fully saturated rings. The third kappa shape index (κ3) is 3.58. The van der Waals surface area contributed by atoms with Gasteiger partial charge in [0.1, 0.15) is 6.23 Å². The van der Waals surface area contributed by atoms with Gasteiger partial charge in [-0.3, -0.25) is 4.90 Å². The van der Waals surface area contributed by atoms with E-state index in [0.29, 0.717) is 13.2 Å². The Bertz CT molecular complexity index is 127. The fraction of sp³-hybridized carbons (Fsp3) is 1.00. The average molecular weight is 191 g/mol. The van der Waals surface area contributed by atoms with Crippen molar-refractivity contribution in [3.05, 3.63) is 0 Å². The van der Waals surface area contributed by atoms with Crippen molar-refractivity contribution in [2.45, 2.75) is 6.23 Å². The molecule has 1 unspecified atom stereocenters. The predicted molar refractivity (Wildman–Crippen MR) is 46.3 cm³/mol. The Balaban J connectivity index is 2.26. The van der Waals surface area contributed by atoms with E-state index in [2.05, 4.69) is 0 Å². The first-order chi connectivity index (χ1) is 6.38. The van der Waals surface area contributed by atoms with Gasteiger partial charge in [-0.05, 0) is 0 Å². The second-order valence-corrected chi connectivity index (χ2v) is 2.88. The molecule has 1 heterocycles. The van der Waals surface area contributed by atoms with Crippen molar-refractivity contribution in [3.63, 3.8) is 0 Å². The molecule has 1 rings (SSSR count). The monoisotopic (exact) mass is 191 g/mol. The fourth-order valence-corrected chi connectivity index (χ4v) is 1.33. The molecule has 0 saturated carbocycles. The highest BCUT2D eigenvalue weighted by molar-refractivity contribution is 4.65. The molecule has 1 aliphatic heterocycles. The van der Waals surface area contributed by atoms with Crippen LogP contribution in [0.2, 0.25) is 0 Å². The maximum absolute atomic E-state index is 9.02. The van der Waals surface area contributed by atoms with Crippen LogP contribution < -0.4 is 0 Å². The van der Waals surface area contributed by atoms with E-state index in [-0.39, 0.29) is 26.0 Å². The van der Waals surface area contributed by atoms with E-state index in [9.17, 15) is 0 Å². The molecule has 1 saturated heterocycles. The van der Waals surface area contributed by atoms with Crippen molar-refractivity contribution in [1.29, 1.82) is 0 Å². The van der Waals surface area contributed by atoms with Crippen molar-refractivity contribution in [1.82, 2.24) is 4.90 Å². The molecule has 0 amide bonds. The number of rotatable bonds is 5. The van der Waals surface area contributed by atoms with Gasteiger partial charge in [-0.1, -0.05) is 0 Å². The summed E-state index contributed by atoms with van der Waals surface area (Å²) in [6.07, 6.45) is -0.295. The second kappa shape index (κ2) is 6.28. The molecular formula is C8H17NO4. The first kappa shape index (κ1) is 10.9. The Hall–Kier alpha value is -0.200. The van der Waals surface area contributed by atoms with Crippen LogP contribution in [0.15, 0.2) is 0 Å². The molecule has 78 valence electrons. The largest absolute Gasteiger partial charge is 0.394 e. The summed E-state index contributed by atoms with van der Waals surface area (Å²) in [5, 5.41) is 17.6. The zero-order valence-electron chi connectivity index (χ0n) is 7.69. The highest BCUT2D eigenvalue weighted by atomic mass is 16.5. The fourth-order valence-electron chi connectivity index (χ4n) is 1.33. The number of morpholine rings is 1. The van der Waals surface area contributed by atoms with Crippen molar-refractivity contribution in [2.75, 3.05) is 46.1 Å². The second-order valence-electron chi connectivity index (χ2n) is 2.88. The quantitative estimate of drug-likeness (QED) is 0.562. The van der Waals surface area contributed by atoms with Gasteiger partial charge in [-0.25, -0.2) is 0 Å². The standard InChI is InChI=1S/C8H17NO4/c10-3-6-13-8(7-11)9-1-4-12-5-2-9/h8,10-11H,1-7H2. The van der Waals surface area contributed by atoms with Crippen molar-refractivity contribution in [3.8, 4) is 0 Å². The van der Waals surface area contributed by atoms with Gasteiger partial charge >= 0.3 is 0 Å². The summed E-state index contributed by atoms with van der Waals surface area (Å²) in [7, 11) is 0. The Kier molecular flexibility index (Phi) is 5.26. The molecule has 1 aliphatic rings. The van der Waals surface area contributed by atoms with Gasteiger partial charge < -0.3 is 19.7 Å². The molecule has 0 aliphatic carbocycles. The molecular weight excluding hydrogens is 174 g/mol. The normalized spacial score (nSPS) is 21.7. The number of hydrogen-bond acceptors (Lipinski definition) is 5. The lowest BCUT2D eigenvalue weighted by Gasteiger charge is -2.32. The van der Waals surface area contributed by atoms with Gasteiger partial charge in [0.05, 0.1) is 33.0 Å². The summed E-state index contributed by atoms with van der Waals surface area (Å²) in [6, 6.07) is 0. The van der Waals surface area contributed by atoms with E-state index in [4.69, 9.17) is 19.7 Å². The lowest BCUT2D eigenvalue weighted by atomic mass is 10.4. The zero-order valence-corrected chi connectivity index (χ0v) is 7.69. The highest BCUT2D eigenvalue weighted by Crippen LogP contribution is 2.04. The van der Waals surface area contributed by atoms with E-state index in [1.54, 1.807) is 0 Å². The van der Waals surface area contributed by atoms with Crippen LogP contribution in [0.25, 0.3) is 0 Å². The Morgan fingerprint density at radius 2 is 2.00 bits per heavy atom. The predicted octanol–water partition coefficient (Wildman–Crippen LogP) is -1.35. The maximum atomic E-state index is 9.02. The van der Waals surface area contributed by atoms with Gasteiger partial charge in [0, 0.05) is 13.1 Å². The van der Waals surface area contributed by atoms with Crippen LogP contribution in [-0.4, -0.2) is 67.5 Å². The van der Waals surface area contributed by atoms with Crippen molar-refractivity contribution >= 4 is 0 Å². The zero-order chi connectivity index (χ0) is 9.52. The Labute approximate surface area is 77.9 Å². The van der Waals surface area contributed by atoms with Crippen molar-refractivity contribution < 1.29 is 19.7 Å². The van der Waals surface area contributed by atoms with E-state index < -0.39 is 0 Å². The number of aliphatic hydroxyl groups excluding tert-OH is 2. The van der Waals surface area contributed by atoms with Gasteiger partial charge in [-0.2, -0.15) is 0 Å². The van der Waals surface area contributed by atoms with Crippen LogP contribution in [0, 0.1) is 0 Å². The molecule has 0 aromatic heterocycles. The minimum absolute atomic E-state index is 0.0131. The van der Waals surface area contributed by atoms with E-state index in [0.717, 1.165) is 13.1 Å². The molecule has 2 N–H and O–H groups in total. The molecule has 1 atom stereocenters. The number of nitrogens with zero attached hydrogens (tertiary/aromatic N) is 1. The summed E-state index contributed by atoms with van der Waals surface area (Å²) in [4.78, 5) is 2.01. The van der Waals surface area contributed by atoms with Gasteiger partial charge in [0.2, 0.25) is 0 Å². The summed E-state index contributed by atoms with van der Waals surface area (Å²) in [5.41, 5.74) is 0. The molecule has 0 spiro atoms. The molecule has 0 radical (unpaired) electrons. The lowest BCUT2D eigenvalue weighted by molar-refractivity contribution is -0.121. The number of ether oxygens (including phenoxy) is 2. The van der Waals surface area contributed by atoms with Crippen LogP contribution in [0.3, 0.4) is 0 Å². The molecule has 0 aromatic rings. The van der Waals surface area contributed by atoms with Gasteiger partial charge in [0.25, 0.3) is 0 Å². The summed E-state index contributed by atoms with van der Waals surface area (Å²) in [6.45, 7) is 3.12. The van der Waals surface area contributed by atoms with Crippen molar-refractivity contribution in [2.24, 2.45) is 0 Å². The number of aliphatic hydroxyl groups is 2. The SMILES string of the molecule is OCCOC(CO)N1CCOCC1. The highest BCUT2D eigenvalue weighted by Gasteiger charge is 2.20. The third-order valence-electron chi connectivity index (χ3n) is 2.01. The first-order valence-corrected chi connectivity index (χ1v) is 4.53. The Morgan fingerprint density at radius 3 is 2.54 bits per heavy atom. The summed E-state index contributed by atoms with van der Waals surface area (Å²) >= 11 is 0. The van der Waals surface area contributed by atoms with E-state index in [1.807, 2.05) is 4.90 Å².